The minimum absolute atomic E-state index is 0.537. The summed E-state index contributed by atoms with van der Waals surface area (Å²) in [5, 5.41) is 2.24. The molecule has 0 bridgehead atoms. The van der Waals surface area contributed by atoms with E-state index in [4.69, 9.17) is 4.42 Å². The summed E-state index contributed by atoms with van der Waals surface area (Å²) in [4.78, 5) is 2.46. The molecule has 0 spiro atoms. The smallest absolute Gasteiger partial charge is 0.143 e. The minimum atomic E-state index is -0.537. The Kier molecular flexibility index (Phi) is 9.75. The number of nitrogens with zero attached hydrogens (tertiary/aromatic N) is 1. The molecule has 0 saturated heterocycles. The molecule has 1 heterocycles. The van der Waals surface area contributed by atoms with Gasteiger partial charge >= 0.3 is 0 Å². The van der Waals surface area contributed by atoms with E-state index in [1.54, 1.807) is 0 Å². The topological polar surface area (TPSA) is 16.4 Å². The van der Waals surface area contributed by atoms with Crippen molar-refractivity contribution >= 4 is 39.0 Å². The van der Waals surface area contributed by atoms with Crippen LogP contribution < -0.4 is 4.90 Å². The van der Waals surface area contributed by atoms with E-state index in [1.807, 2.05) is 0 Å². The lowest BCUT2D eigenvalue weighted by atomic mass is 9.68. The fourth-order valence-corrected chi connectivity index (χ4v) is 9.97. The van der Waals surface area contributed by atoms with Crippen LogP contribution in [0.15, 0.2) is 247 Å². The first kappa shape index (κ1) is 38.0. The van der Waals surface area contributed by atoms with Gasteiger partial charge in [-0.3, -0.25) is 0 Å². The SMILES string of the molecule is C/C=C\C=C/CC1(c2ccccc2)c2ccccc2-c2c(N(c3ccc(-c4ccccc4)cc3)c3ccc(-c4ccccc4)cc3)ccc(-c3cccc4c3oc3ccccc34)c21. The van der Waals surface area contributed by atoms with Crippen LogP contribution in [0.1, 0.15) is 30.0 Å². The van der Waals surface area contributed by atoms with Gasteiger partial charge in [0.2, 0.25) is 0 Å². The highest BCUT2D eigenvalue weighted by Gasteiger charge is 2.47. The first-order valence-corrected chi connectivity index (χ1v) is 21.9. The zero-order chi connectivity index (χ0) is 42.2. The maximum absolute atomic E-state index is 6.84. The van der Waals surface area contributed by atoms with Crippen LogP contribution in [0.4, 0.5) is 17.1 Å². The Bertz CT molecular complexity index is 3200. The number of anilines is 3. The van der Waals surface area contributed by atoms with Gasteiger partial charge in [-0.1, -0.05) is 206 Å². The fraction of sp³-hybridized carbons (Fsp3) is 0.0492. The molecule has 1 unspecified atom stereocenters. The average molecular weight is 808 g/mol. The van der Waals surface area contributed by atoms with Crippen molar-refractivity contribution in [2.75, 3.05) is 4.90 Å². The Morgan fingerprint density at radius 3 is 1.68 bits per heavy atom. The Balaban J connectivity index is 1.23. The van der Waals surface area contributed by atoms with Crippen molar-refractivity contribution in [1.82, 2.24) is 0 Å². The summed E-state index contributed by atoms with van der Waals surface area (Å²) >= 11 is 0. The number of para-hydroxylation sites is 2. The molecule has 9 aromatic carbocycles. The number of fused-ring (bicyclic) bond motifs is 6. The summed E-state index contributed by atoms with van der Waals surface area (Å²) in [5.74, 6) is 0. The number of rotatable bonds is 10. The van der Waals surface area contributed by atoms with Gasteiger partial charge in [-0.05, 0) is 99.8 Å². The predicted octanol–water partition coefficient (Wildman–Crippen LogP) is 16.9. The number of benzene rings is 9. The van der Waals surface area contributed by atoms with Gasteiger partial charge in [-0.25, -0.2) is 0 Å². The van der Waals surface area contributed by atoms with Crippen LogP contribution >= 0.6 is 0 Å². The fourth-order valence-electron chi connectivity index (χ4n) is 9.97. The summed E-state index contributed by atoms with van der Waals surface area (Å²) < 4.78 is 6.84. The highest BCUT2D eigenvalue weighted by molar-refractivity contribution is 6.11. The first-order chi connectivity index (χ1) is 31.2. The second-order valence-electron chi connectivity index (χ2n) is 16.3. The molecule has 2 heteroatoms. The van der Waals surface area contributed by atoms with Gasteiger partial charge in [-0.2, -0.15) is 0 Å². The van der Waals surface area contributed by atoms with Gasteiger partial charge in [0.1, 0.15) is 11.2 Å². The molecule has 1 aliphatic rings. The van der Waals surface area contributed by atoms with E-state index in [9.17, 15) is 0 Å². The zero-order valence-electron chi connectivity index (χ0n) is 35.2. The Morgan fingerprint density at radius 1 is 0.460 bits per heavy atom. The van der Waals surface area contributed by atoms with Crippen molar-refractivity contribution in [2.24, 2.45) is 0 Å². The summed E-state index contributed by atoms with van der Waals surface area (Å²) in [7, 11) is 0. The van der Waals surface area contributed by atoms with Crippen LogP contribution in [0.25, 0.3) is 66.4 Å². The first-order valence-electron chi connectivity index (χ1n) is 21.9. The lowest BCUT2D eigenvalue weighted by Gasteiger charge is -2.35. The van der Waals surface area contributed by atoms with E-state index in [1.165, 1.54) is 50.1 Å². The third-order valence-electron chi connectivity index (χ3n) is 12.8. The van der Waals surface area contributed by atoms with Crippen molar-refractivity contribution in [2.45, 2.75) is 18.8 Å². The second kappa shape index (κ2) is 16.2. The quantitative estimate of drug-likeness (QED) is 0.128. The third kappa shape index (κ3) is 6.51. The Hall–Kier alpha value is -7.94. The maximum atomic E-state index is 6.84. The average Bonchev–Trinajstić information content (AvgIpc) is 3.89. The molecule has 63 heavy (non-hydrogen) atoms. The molecule has 0 amide bonds. The van der Waals surface area contributed by atoms with Gasteiger partial charge in [-0.15, -0.1) is 0 Å². The van der Waals surface area contributed by atoms with Crippen LogP contribution in [0.5, 0.6) is 0 Å². The number of furan rings is 1. The standard InChI is InChI=1S/C61H45NO/c1-2-3-4-18-42-61(47-24-12-7-13-25-47)55-30-16-14-27-54(55)58-56(41-40-51(59(58)61)53-29-19-28-52-50-26-15-17-31-57(50)63-60(52)53)62(48-36-32-45(33-37-48)43-20-8-5-9-21-43)49-38-34-46(35-39-49)44-22-10-6-11-23-44/h2-41H,42H2,1H3/b3-2-,18-4-. The van der Waals surface area contributed by atoms with E-state index in [-0.39, 0.29) is 0 Å². The Labute approximate surface area is 369 Å². The number of allylic oxidation sites excluding steroid dienone is 4. The Morgan fingerprint density at radius 2 is 1.02 bits per heavy atom. The van der Waals surface area contributed by atoms with Crippen molar-refractivity contribution in [3.63, 3.8) is 0 Å². The van der Waals surface area contributed by atoms with E-state index < -0.39 is 5.41 Å². The van der Waals surface area contributed by atoms with Gasteiger partial charge < -0.3 is 9.32 Å². The molecule has 300 valence electrons. The lowest BCUT2D eigenvalue weighted by Crippen LogP contribution is -2.27. The van der Waals surface area contributed by atoms with Gasteiger partial charge in [0.15, 0.2) is 0 Å². The maximum Gasteiger partial charge on any atom is 0.143 e. The van der Waals surface area contributed by atoms with E-state index in [0.29, 0.717) is 0 Å². The highest BCUT2D eigenvalue weighted by Crippen LogP contribution is 2.61. The molecule has 0 radical (unpaired) electrons. The largest absolute Gasteiger partial charge is 0.455 e. The van der Waals surface area contributed by atoms with Crippen molar-refractivity contribution in [3.05, 3.63) is 259 Å². The summed E-state index contributed by atoms with van der Waals surface area (Å²) in [6.45, 7) is 2.07. The normalized spacial score (nSPS) is 14.4. The van der Waals surface area contributed by atoms with Crippen LogP contribution in [-0.4, -0.2) is 0 Å². The number of hydrogen-bond acceptors (Lipinski definition) is 2. The molecule has 2 nitrogen and oxygen atoms in total. The predicted molar refractivity (Wildman–Crippen MR) is 265 cm³/mol. The second-order valence-corrected chi connectivity index (χ2v) is 16.3. The third-order valence-corrected chi connectivity index (χ3v) is 12.8. The van der Waals surface area contributed by atoms with Gasteiger partial charge in [0.25, 0.3) is 0 Å². The number of hydrogen-bond donors (Lipinski definition) is 0. The monoisotopic (exact) mass is 807 g/mol. The molecule has 0 saturated carbocycles. The van der Waals surface area contributed by atoms with Crippen LogP contribution in [0.3, 0.4) is 0 Å². The van der Waals surface area contributed by atoms with Gasteiger partial charge in [0.05, 0.1) is 11.1 Å². The van der Waals surface area contributed by atoms with Crippen molar-refractivity contribution < 1.29 is 4.42 Å². The van der Waals surface area contributed by atoms with E-state index >= 15 is 0 Å². The molecule has 1 atom stereocenters. The van der Waals surface area contributed by atoms with E-state index in [2.05, 4.69) is 255 Å². The van der Waals surface area contributed by atoms with Crippen molar-refractivity contribution in [3.8, 4) is 44.5 Å². The molecule has 0 N–H and O–H groups in total. The summed E-state index contributed by atoms with van der Waals surface area (Å²) in [5.41, 5.74) is 17.8. The molecular formula is C61H45NO. The molecule has 0 aliphatic heterocycles. The molecule has 10 aromatic rings. The zero-order valence-corrected chi connectivity index (χ0v) is 35.2. The molecule has 0 fully saturated rings. The van der Waals surface area contributed by atoms with E-state index in [0.717, 1.165) is 56.5 Å². The summed E-state index contributed by atoms with van der Waals surface area (Å²) in [6.07, 6.45) is 9.53. The molecule has 1 aliphatic carbocycles. The lowest BCUT2D eigenvalue weighted by molar-refractivity contribution is 0.645. The van der Waals surface area contributed by atoms with Crippen LogP contribution in [0, 0.1) is 0 Å². The minimum Gasteiger partial charge on any atom is -0.455 e. The highest BCUT2D eigenvalue weighted by atomic mass is 16.3. The molecule has 1 aromatic heterocycles. The summed E-state index contributed by atoms with van der Waals surface area (Å²) in [6, 6.07) is 79.3. The van der Waals surface area contributed by atoms with Crippen LogP contribution in [-0.2, 0) is 5.41 Å². The molecular weight excluding hydrogens is 763 g/mol. The van der Waals surface area contributed by atoms with Crippen molar-refractivity contribution in [1.29, 1.82) is 0 Å². The van der Waals surface area contributed by atoms with Gasteiger partial charge in [0, 0.05) is 33.3 Å². The molecule has 11 rings (SSSR count). The van der Waals surface area contributed by atoms with Crippen LogP contribution in [0.2, 0.25) is 0 Å².